The molecule has 0 saturated heterocycles. The summed E-state index contributed by atoms with van der Waals surface area (Å²) in [5.41, 5.74) is 1.53. The molecule has 0 amide bonds. The molecule has 2 aromatic carbocycles. The first-order valence-corrected chi connectivity index (χ1v) is 18.2. The van der Waals surface area contributed by atoms with Gasteiger partial charge in [-0.05, 0) is 72.2 Å². The number of benzene rings is 2. The van der Waals surface area contributed by atoms with Crippen LogP contribution in [0.5, 0.6) is 0 Å². The van der Waals surface area contributed by atoms with E-state index < -0.39 is 20.5 Å². The summed E-state index contributed by atoms with van der Waals surface area (Å²) >= 11 is 0. The van der Waals surface area contributed by atoms with E-state index in [1.807, 2.05) is 6.08 Å². The van der Waals surface area contributed by atoms with Gasteiger partial charge in [0.15, 0.2) is 0 Å². The number of allylic oxidation sites excluding steroid dienone is 3. The van der Waals surface area contributed by atoms with Crippen LogP contribution in [0, 0.1) is 17.8 Å². The van der Waals surface area contributed by atoms with Gasteiger partial charge in [-0.15, -0.1) is 0 Å². The van der Waals surface area contributed by atoms with E-state index >= 15 is 0 Å². The van der Waals surface area contributed by atoms with Crippen LogP contribution in [0.1, 0.15) is 91.9 Å². The monoisotopic (exact) mass is 574 g/mol. The minimum atomic E-state index is -2.46. The average molecular weight is 575 g/mol. The minimum Gasteiger partial charge on any atom is -0.407 e. The first kappa shape index (κ1) is 31.9. The van der Waals surface area contributed by atoms with Crippen molar-refractivity contribution in [3.8, 4) is 0 Å². The van der Waals surface area contributed by atoms with Crippen molar-refractivity contribution >= 4 is 18.7 Å². The highest BCUT2D eigenvalue weighted by molar-refractivity contribution is 6.99. The predicted octanol–water partition coefficient (Wildman–Crippen LogP) is 7.56. The van der Waals surface area contributed by atoms with Crippen LogP contribution in [0.2, 0.25) is 5.04 Å². The number of hydrogen-bond acceptors (Lipinski definition) is 3. The van der Waals surface area contributed by atoms with Gasteiger partial charge < -0.3 is 14.6 Å². The molecule has 2 N–H and O–H groups in total. The molecular weight excluding hydrogens is 520 g/mol. The fraction of sp³-hybridized carbons (Fsp3) is 0.568. The Kier molecular flexibility index (Phi) is 11.7. The van der Waals surface area contributed by atoms with Gasteiger partial charge in [0.25, 0.3) is 8.32 Å². The van der Waals surface area contributed by atoms with Gasteiger partial charge in [0, 0.05) is 12.5 Å². The third-order valence-electron chi connectivity index (χ3n) is 9.53. The summed E-state index contributed by atoms with van der Waals surface area (Å²) in [5.74, 6) is 0.774. The van der Waals surface area contributed by atoms with E-state index in [0.717, 1.165) is 45.1 Å². The van der Waals surface area contributed by atoms with Gasteiger partial charge in [0.2, 0.25) is 0 Å². The maximum absolute atomic E-state index is 10.9. The van der Waals surface area contributed by atoms with Gasteiger partial charge in [-0.1, -0.05) is 131 Å². The lowest BCUT2D eigenvalue weighted by Gasteiger charge is -2.43. The van der Waals surface area contributed by atoms with Crippen molar-refractivity contribution in [1.82, 2.24) is 0 Å². The average Bonchev–Trinajstić information content (AvgIpc) is 3.48. The Balaban J connectivity index is 1.28. The number of aliphatic hydroxyl groups is 2. The lowest BCUT2D eigenvalue weighted by molar-refractivity contribution is 0.0367. The van der Waals surface area contributed by atoms with Crippen LogP contribution >= 0.6 is 0 Å². The van der Waals surface area contributed by atoms with Gasteiger partial charge in [-0.2, -0.15) is 0 Å². The molecule has 0 aliphatic heterocycles. The number of hydrogen-bond donors (Lipinski definition) is 2. The van der Waals surface area contributed by atoms with Crippen LogP contribution < -0.4 is 10.4 Å². The van der Waals surface area contributed by atoms with Crippen molar-refractivity contribution in [1.29, 1.82) is 0 Å². The number of aliphatic hydroxyl groups excluding tert-OH is 2. The summed E-state index contributed by atoms with van der Waals surface area (Å²) in [5, 5.41) is 24.3. The van der Waals surface area contributed by atoms with Crippen LogP contribution in [-0.2, 0) is 4.43 Å². The maximum atomic E-state index is 10.9. The van der Waals surface area contributed by atoms with Gasteiger partial charge in [0.05, 0.1) is 12.2 Å². The summed E-state index contributed by atoms with van der Waals surface area (Å²) in [4.78, 5) is 0. The molecule has 41 heavy (non-hydrogen) atoms. The summed E-state index contributed by atoms with van der Waals surface area (Å²) < 4.78 is 7.07. The first-order valence-electron chi connectivity index (χ1n) is 16.2. The van der Waals surface area contributed by atoms with Crippen LogP contribution in [0.3, 0.4) is 0 Å². The number of unbranched alkanes of at least 4 members (excludes halogenated alkanes) is 5. The van der Waals surface area contributed by atoms with Crippen LogP contribution in [0.4, 0.5) is 0 Å². The fourth-order valence-electron chi connectivity index (χ4n) is 7.49. The van der Waals surface area contributed by atoms with Crippen molar-refractivity contribution in [2.24, 2.45) is 17.8 Å². The van der Waals surface area contributed by atoms with Crippen molar-refractivity contribution in [2.75, 3.05) is 6.61 Å². The van der Waals surface area contributed by atoms with E-state index in [9.17, 15) is 10.2 Å². The Bertz CT molecular complexity index is 1060. The molecule has 3 nitrogen and oxygen atoms in total. The lowest BCUT2D eigenvalue weighted by atomic mass is 9.85. The first-order chi connectivity index (χ1) is 19.8. The second-order valence-electron chi connectivity index (χ2n) is 13.5. The minimum absolute atomic E-state index is 0.0124. The molecule has 2 aromatic rings. The van der Waals surface area contributed by atoms with Crippen molar-refractivity contribution in [2.45, 2.75) is 109 Å². The summed E-state index contributed by atoms with van der Waals surface area (Å²) in [6.45, 7) is 10.0. The highest BCUT2D eigenvalue weighted by atomic mass is 28.4. The smallest absolute Gasteiger partial charge is 0.261 e. The Morgan fingerprint density at radius 3 is 2.20 bits per heavy atom. The van der Waals surface area contributed by atoms with Crippen LogP contribution in [0.15, 0.2) is 84.5 Å². The Morgan fingerprint density at radius 2 is 1.59 bits per heavy atom. The molecule has 0 unspecified atom stereocenters. The standard InChI is InChI=1S/C37H54O3Si/c1-5-6-7-8-17-24-34(38)36-33-27-29(26-30(33)28-35(36)39)19-12-11-18-25-40-41(37(2,3)4,31-20-13-9-14-21-31)32-22-15-10-16-23-32/h9-10,13-17,20-24,26,30,33-36,38-39H,5-8,11-12,18-19,25,27-28H2,1-4H3/b24-17+/t30-,33-,34+,35+,36-/m1/s1. The molecule has 2 aliphatic rings. The predicted molar refractivity (Wildman–Crippen MR) is 175 cm³/mol. The van der Waals surface area contributed by atoms with E-state index in [4.69, 9.17) is 4.43 Å². The molecule has 224 valence electrons. The molecular formula is C37H54O3Si. The van der Waals surface area contributed by atoms with E-state index in [1.165, 1.54) is 41.6 Å². The van der Waals surface area contributed by atoms with Crippen LogP contribution in [0.25, 0.3) is 0 Å². The zero-order valence-corrected chi connectivity index (χ0v) is 27.0. The molecule has 0 heterocycles. The molecule has 4 rings (SSSR count). The lowest BCUT2D eigenvalue weighted by Crippen LogP contribution is -2.66. The maximum Gasteiger partial charge on any atom is 0.261 e. The molecule has 0 aromatic heterocycles. The molecule has 4 heteroatoms. The second-order valence-corrected chi connectivity index (χ2v) is 17.8. The van der Waals surface area contributed by atoms with Crippen molar-refractivity contribution in [3.05, 3.63) is 84.5 Å². The Hall–Kier alpha value is -1.98. The van der Waals surface area contributed by atoms with E-state index in [0.29, 0.717) is 11.8 Å². The molecule has 5 atom stereocenters. The molecule has 0 spiro atoms. The van der Waals surface area contributed by atoms with Crippen molar-refractivity contribution in [3.63, 3.8) is 0 Å². The van der Waals surface area contributed by atoms with Gasteiger partial charge in [0.1, 0.15) is 0 Å². The van der Waals surface area contributed by atoms with E-state index in [2.05, 4.69) is 101 Å². The molecule has 0 bridgehead atoms. The summed E-state index contributed by atoms with van der Waals surface area (Å²) in [7, 11) is -2.46. The zero-order valence-electron chi connectivity index (χ0n) is 26.0. The van der Waals surface area contributed by atoms with Crippen molar-refractivity contribution < 1.29 is 14.6 Å². The largest absolute Gasteiger partial charge is 0.407 e. The van der Waals surface area contributed by atoms with Gasteiger partial charge in [-0.25, -0.2) is 0 Å². The molecule has 0 radical (unpaired) electrons. The normalized spacial score (nSPS) is 23.6. The highest BCUT2D eigenvalue weighted by Gasteiger charge is 2.50. The third kappa shape index (κ3) is 7.70. The fourth-order valence-corrected chi connectivity index (χ4v) is 12.1. The number of rotatable bonds is 15. The highest BCUT2D eigenvalue weighted by Crippen LogP contribution is 2.49. The van der Waals surface area contributed by atoms with E-state index in [-0.39, 0.29) is 11.0 Å². The molecule has 1 fully saturated rings. The van der Waals surface area contributed by atoms with E-state index in [1.54, 1.807) is 0 Å². The van der Waals surface area contributed by atoms with Gasteiger partial charge in [-0.3, -0.25) is 0 Å². The second kappa shape index (κ2) is 15.0. The Morgan fingerprint density at radius 1 is 0.927 bits per heavy atom. The summed E-state index contributed by atoms with van der Waals surface area (Å²) in [6, 6.07) is 21.8. The van der Waals surface area contributed by atoms with Crippen LogP contribution in [-0.4, -0.2) is 37.3 Å². The Labute approximate surface area is 250 Å². The zero-order chi connectivity index (χ0) is 29.3. The van der Waals surface area contributed by atoms with Gasteiger partial charge >= 0.3 is 0 Å². The third-order valence-corrected chi connectivity index (χ3v) is 14.6. The quantitative estimate of drug-likeness (QED) is 0.131. The molecule has 1 saturated carbocycles. The number of fused-ring (bicyclic) bond motifs is 1. The molecule has 2 aliphatic carbocycles. The summed E-state index contributed by atoms with van der Waals surface area (Å²) in [6.07, 6.45) is 16.6. The topological polar surface area (TPSA) is 49.7 Å². The SMILES string of the molecule is CCCCC/C=C/[C@H](O)[C@H]1[C@@H]2CC(CCCCCO[Si](c3ccccc3)(c3ccccc3)C(C)(C)C)=C[C@@H]2C[C@@H]1O.